The highest BCUT2D eigenvalue weighted by Crippen LogP contribution is 2.35. The highest BCUT2D eigenvalue weighted by molar-refractivity contribution is 5.87. The number of aliphatic hydroxyl groups is 1. The van der Waals surface area contributed by atoms with Crippen LogP contribution in [-0.2, 0) is 22.3 Å². The van der Waals surface area contributed by atoms with Crippen LogP contribution in [0.25, 0.3) is 11.4 Å². The minimum Gasteiger partial charge on any atom is -0.444 e. The molecule has 1 unspecified atom stereocenters. The average Bonchev–Trinajstić information content (AvgIpc) is 3.28. The van der Waals surface area contributed by atoms with Crippen LogP contribution >= 0.6 is 0 Å². The van der Waals surface area contributed by atoms with Gasteiger partial charge in [-0.2, -0.15) is 26.3 Å². The van der Waals surface area contributed by atoms with Crippen LogP contribution in [-0.4, -0.2) is 73.9 Å². The molecule has 2 aromatic rings. The van der Waals surface area contributed by atoms with Gasteiger partial charge in [-0.15, -0.1) is 0 Å². The van der Waals surface area contributed by atoms with Gasteiger partial charge in [-0.25, -0.2) is 9.78 Å². The molecule has 9 nitrogen and oxygen atoms in total. The van der Waals surface area contributed by atoms with Crippen molar-refractivity contribution in [3.8, 4) is 11.4 Å². The van der Waals surface area contributed by atoms with E-state index in [-0.39, 0.29) is 61.5 Å². The van der Waals surface area contributed by atoms with Crippen LogP contribution in [0.3, 0.4) is 0 Å². The fourth-order valence-electron chi connectivity index (χ4n) is 5.29. The van der Waals surface area contributed by atoms with Crippen molar-refractivity contribution in [3.05, 3.63) is 51.4 Å². The third kappa shape index (κ3) is 7.86. The lowest BCUT2D eigenvalue weighted by molar-refractivity contribution is -0.139. The molecule has 0 bridgehead atoms. The van der Waals surface area contributed by atoms with E-state index in [2.05, 4.69) is 9.97 Å². The monoisotopic (exact) mass is 618 g/mol. The molecule has 3 atom stereocenters. The number of carbonyl (C=O) groups excluding carboxylic acids is 2. The minimum absolute atomic E-state index is 0.0228. The lowest BCUT2D eigenvalue weighted by atomic mass is 9.90. The van der Waals surface area contributed by atoms with Gasteiger partial charge in [0.1, 0.15) is 17.5 Å². The van der Waals surface area contributed by atoms with E-state index in [4.69, 9.17) is 4.74 Å². The molecule has 43 heavy (non-hydrogen) atoms. The van der Waals surface area contributed by atoms with Gasteiger partial charge in [0.05, 0.1) is 36.0 Å². The Bertz CT molecular complexity index is 1400. The fraction of sp³-hybridized carbons (Fsp3) is 0.571. The number of carbonyl (C=O) groups is 2. The quantitative estimate of drug-likeness (QED) is 0.457. The number of rotatable bonds is 5. The van der Waals surface area contributed by atoms with E-state index in [1.54, 1.807) is 20.8 Å². The van der Waals surface area contributed by atoms with Gasteiger partial charge in [-0.05, 0) is 45.7 Å². The number of benzene rings is 1. The molecule has 236 valence electrons. The molecule has 1 fully saturated rings. The number of aromatic nitrogens is 2. The van der Waals surface area contributed by atoms with Crippen LogP contribution in [0.4, 0.5) is 31.1 Å². The van der Waals surface area contributed by atoms with Crippen molar-refractivity contribution in [2.45, 2.75) is 89.0 Å². The molecular formula is C28H32F6N4O5. The highest BCUT2D eigenvalue weighted by atomic mass is 19.4. The van der Waals surface area contributed by atoms with Crippen molar-refractivity contribution in [2.75, 3.05) is 13.1 Å². The Morgan fingerprint density at radius 1 is 1.07 bits per heavy atom. The largest absolute Gasteiger partial charge is 0.444 e. The Balaban J connectivity index is 1.66. The molecule has 0 saturated carbocycles. The fourth-order valence-corrected chi connectivity index (χ4v) is 5.29. The predicted molar refractivity (Wildman–Crippen MR) is 141 cm³/mol. The number of β-amino-alcohol motifs (C(OH)–C–C–N with tert-alkyl or cyclic N) is 1. The zero-order chi connectivity index (χ0) is 31.9. The number of nitrogens with zero attached hydrogens (tertiary/aromatic N) is 3. The second-order valence-corrected chi connectivity index (χ2v) is 11.8. The Hall–Kier alpha value is -3.62. The lowest BCUT2D eigenvalue weighted by Crippen LogP contribution is -2.51. The average molecular weight is 619 g/mol. The smallest absolute Gasteiger partial charge is 0.416 e. The Morgan fingerprint density at radius 2 is 1.72 bits per heavy atom. The van der Waals surface area contributed by atoms with E-state index < -0.39 is 65.6 Å². The number of aromatic amines is 1. The predicted octanol–water partition coefficient (Wildman–Crippen LogP) is 4.98. The van der Waals surface area contributed by atoms with Crippen LogP contribution < -0.4 is 5.56 Å². The minimum atomic E-state index is -4.58. The van der Waals surface area contributed by atoms with Gasteiger partial charge in [-0.1, -0.05) is 12.1 Å². The molecule has 2 N–H and O–H groups in total. The second kappa shape index (κ2) is 11.8. The van der Waals surface area contributed by atoms with Gasteiger partial charge < -0.3 is 19.7 Å². The van der Waals surface area contributed by atoms with Crippen molar-refractivity contribution < 1.29 is 45.8 Å². The first-order valence-corrected chi connectivity index (χ1v) is 13.7. The van der Waals surface area contributed by atoms with Crippen molar-refractivity contribution in [1.82, 2.24) is 19.8 Å². The zero-order valence-corrected chi connectivity index (χ0v) is 23.7. The summed E-state index contributed by atoms with van der Waals surface area (Å²) in [5.74, 6) is -1.49. The van der Waals surface area contributed by atoms with Crippen LogP contribution in [0.15, 0.2) is 29.1 Å². The topological polar surface area (TPSA) is 116 Å². The number of halogens is 6. The van der Waals surface area contributed by atoms with E-state index in [0.717, 1.165) is 29.2 Å². The molecule has 4 rings (SSSR count). The normalized spacial score (nSPS) is 21.1. The summed E-state index contributed by atoms with van der Waals surface area (Å²) >= 11 is 0. The van der Waals surface area contributed by atoms with E-state index in [1.165, 1.54) is 4.90 Å². The molecule has 1 aromatic carbocycles. The molecule has 0 spiro atoms. The summed E-state index contributed by atoms with van der Waals surface area (Å²) in [6, 6.07) is 2.77. The molecule has 15 heteroatoms. The summed E-state index contributed by atoms with van der Waals surface area (Å²) in [6.07, 6.45) is -12.5. The summed E-state index contributed by atoms with van der Waals surface area (Å²) in [5, 5.41) is 10.3. The van der Waals surface area contributed by atoms with E-state index in [9.17, 15) is 45.8 Å². The third-order valence-corrected chi connectivity index (χ3v) is 7.23. The van der Waals surface area contributed by atoms with E-state index >= 15 is 0 Å². The van der Waals surface area contributed by atoms with Gasteiger partial charge in [0.2, 0.25) is 5.91 Å². The number of aliphatic hydroxyl groups excluding tert-OH is 1. The van der Waals surface area contributed by atoms with Gasteiger partial charge >= 0.3 is 18.4 Å². The number of nitrogens with one attached hydrogen (secondary N) is 1. The highest BCUT2D eigenvalue weighted by Gasteiger charge is 2.44. The van der Waals surface area contributed by atoms with E-state index in [1.807, 2.05) is 0 Å². The van der Waals surface area contributed by atoms with Gasteiger partial charge in [0.25, 0.3) is 5.56 Å². The summed E-state index contributed by atoms with van der Waals surface area (Å²) in [4.78, 5) is 49.0. The summed E-state index contributed by atoms with van der Waals surface area (Å²) in [7, 11) is 0. The standard InChI is InChI=1S/C28H32F6N4O5/c1-26(2,3)43-25(42)38-13-18(39)11-20(38)24(41)37-12-16(5-4-10-27(29,30)31)21-19(14-37)23(40)36-22(35-21)15-6-8-17(9-7-15)28(32,33)34/h6-9,16,18,20,39H,4-5,10-14H2,1-3H3,(H,35,36,40)/t16?,18-,20+/m1/s1. The van der Waals surface area contributed by atoms with E-state index in [0.29, 0.717) is 0 Å². The molecule has 0 aliphatic carbocycles. The Kier molecular flexibility index (Phi) is 8.87. The summed E-state index contributed by atoms with van der Waals surface area (Å²) in [5.41, 5.74) is -2.15. The molecule has 1 saturated heterocycles. The maximum atomic E-state index is 13.7. The number of H-pyrrole nitrogens is 1. The number of amides is 2. The number of fused-ring (bicyclic) bond motifs is 1. The van der Waals surface area contributed by atoms with Gasteiger partial charge in [0.15, 0.2) is 0 Å². The van der Waals surface area contributed by atoms with Crippen LogP contribution in [0.5, 0.6) is 0 Å². The SMILES string of the molecule is CC(C)(C)OC(=O)N1C[C@H](O)C[C@H]1C(=O)N1Cc2c(nc(-c3ccc(C(F)(F)F)cc3)[nH]c2=O)C(CCCC(F)(F)F)C1. The van der Waals surface area contributed by atoms with Crippen molar-refractivity contribution in [2.24, 2.45) is 0 Å². The van der Waals surface area contributed by atoms with Gasteiger partial charge in [0, 0.05) is 30.9 Å². The van der Waals surface area contributed by atoms with Crippen LogP contribution in [0, 0.1) is 0 Å². The first-order chi connectivity index (χ1) is 19.8. The maximum Gasteiger partial charge on any atom is 0.416 e. The summed E-state index contributed by atoms with van der Waals surface area (Å²) < 4.78 is 83.3. The van der Waals surface area contributed by atoms with Crippen molar-refractivity contribution in [1.29, 1.82) is 0 Å². The van der Waals surface area contributed by atoms with Gasteiger partial charge in [-0.3, -0.25) is 14.5 Å². The maximum absolute atomic E-state index is 13.7. The molecule has 2 aliphatic rings. The summed E-state index contributed by atoms with van der Waals surface area (Å²) in [6.45, 7) is 4.36. The third-order valence-electron chi connectivity index (χ3n) is 7.23. The first kappa shape index (κ1) is 32.3. The Labute approximate surface area is 242 Å². The van der Waals surface area contributed by atoms with Crippen molar-refractivity contribution >= 4 is 12.0 Å². The Morgan fingerprint density at radius 3 is 2.30 bits per heavy atom. The lowest BCUT2D eigenvalue weighted by Gasteiger charge is -2.37. The molecule has 2 amide bonds. The molecule has 3 heterocycles. The number of ether oxygens (including phenoxy) is 1. The molecular weight excluding hydrogens is 586 g/mol. The number of likely N-dealkylation sites (tertiary alicyclic amines) is 1. The first-order valence-electron chi connectivity index (χ1n) is 13.7. The molecule has 0 radical (unpaired) electrons. The molecule has 1 aromatic heterocycles. The second-order valence-electron chi connectivity index (χ2n) is 11.8. The van der Waals surface area contributed by atoms with Crippen LogP contribution in [0.1, 0.15) is 69.2 Å². The number of hydrogen-bond donors (Lipinski definition) is 2. The van der Waals surface area contributed by atoms with Crippen LogP contribution in [0.2, 0.25) is 0 Å². The number of hydrogen-bond acceptors (Lipinski definition) is 6. The van der Waals surface area contributed by atoms with Crippen molar-refractivity contribution in [3.63, 3.8) is 0 Å². The molecule has 2 aliphatic heterocycles. The number of alkyl halides is 6. The zero-order valence-electron chi connectivity index (χ0n) is 23.7.